The maximum absolute atomic E-state index is 12.8. The number of esters is 3. The highest BCUT2D eigenvalue weighted by atomic mass is 16.7. The average Bonchev–Trinajstić information content (AvgIpc) is 1.55. The molecule has 4 spiro atoms. The quantitative estimate of drug-likeness (QED) is 0.0181. The summed E-state index contributed by atoms with van der Waals surface area (Å²) in [4.78, 5) is 44.7. The molecule has 128 heavy (non-hydrogen) atoms. The van der Waals surface area contributed by atoms with Crippen LogP contribution in [-0.4, -0.2) is 292 Å². The molecular formula is C103H159N3O22. The van der Waals surface area contributed by atoms with E-state index in [1.54, 1.807) is 34.5 Å². The molecule has 25 nitrogen and oxygen atoms in total. The fraction of sp³-hybridized carbons (Fsp3) is 0.757. The topological polar surface area (TPSA) is 274 Å². The molecule has 7 unspecified atom stereocenters. The second-order valence-corrected chi connectivity index (χ2v) is 41.6. The fourth-order valence-corrected chi connectivity index (χ4v) is 21.3. The average molecular weight is 1790 g/mol. The minimum Gasteiger partial charge on any atom is -0.492 e. The van der Waals surface area contributed by atoms with Gasteiger partial charge in [0.15, 0.2) is 0 Å². The number of ether oxygens (including phenoxy) is 18. The number of rotatable bonds is 42. The first-order valence-corrected chi connectivity index (χ1v) is 48.0. The molecule has 12 aliphatic rings. The highest BCUT2D eigenvalue weighted by molar-refractivity contribution is 5.87. The molecule has 718 valence electrons. The highest BCUT2D eigenvalue weighted by Gasteiger charge is 2.76. The van der Waals surface area contributed by atoms with E-state index in [1.807, 2.05) is 115 Å². The van der Waals surface area contributed by atoms with Crippen molar-refractivity contribution in [3.63, 3.8) is 0 Å². The molecule has 8 aliphatic heterocycles. The first-order valence-electron chi connectivity index (χ1n) is 48.0. The van der Waals surface area contributed by atoms with Gasteiger partial charge in [0.2, 0.25) is 0 Å². The van der Waals surface area contributed by atoms with Crippen LogP contribution in [0.1, 0.15) is 209 Å². The van der Waals surface area contributed by atoms with Crippen LogP contribution in [0.15, 0.2) is 90.5 Å². The molecule has 4 aliphatic carbocycles. The van der Waals surface area contributed by atoms with Gasteiger partial charge >= 0.3 is 17.9 Å². The summed E-state index contributed by atoms with van der Waals surface area (Å²) in [5.74, 6) is 4.05. The SMILES string of the molecule is COC1[C@H](O)CC[C@]2(CO2)[C@H]1[C@@]1(C)O[C@@H]1CCC(C)C.COC1[C@H](OC(=O)/C=C/c2ccc(OCCN(C)C)cc2)CCC2(CO2)[C@H]1[C@@]1(C)O[C@@H]1CCC(C)C.COC1[C@H](OC(=O)CCc2ccc(OCCN(C)C)cc2)CCC2(CO2)[C@H]1[C@@]1(C)O[C@@H]1CC=C(C)C.COC1[C@H](OC(=O)CCc2ccc(OCCN(C)C)cc2)CCC2(CO2)[C@H]1[C@@]1(C)O[C@@H]1CCC(C)C. The largest absolute Gasteiger partial charge is 0.492 e. The van der Waals surface area contributed by atoms with Crippen molar-refractivity contribution < 1.29 is 105 Å². The van der Waals surface area contributed by atoms with E-state index in [-0.39, 0.29) is 147 Å². The summed E-state index contributed by atoms with van der Waals surface area (Å²) >= 11 is 0. The maximum atomic E-state index is 12.8. The monoisotopic (exact) mass is 1790 g/mol. The molecule has 0 aromatic heterocycles. The third kappa shape index (κ3) is 25.9. The molecule has 24 atom stereocenters. The molecule has 3 aromatic rings. The van der Waals surface area contributed by atoms with Crippen LogP contribution in [-0.2, 0) is 98.3 Å². The molecule has 0 bridgehead atoms. The van der Waals surface area contributed by atoms with Crippen LogP contribution < -0.4 is 14.2 Å². The second-order valence-electron chi connectivity index (χ2n) is 41.6. The summed E-state index contributed by atoms with van der Waals surface area (Å²) < 4.78 is 107. The molecule has 8 heterocycles. The lowest BCUT2D eigenvalue weighted by Crippen LogP contribution is -2.55. The van der Waals surface area contributed by atoms with Gasteiger partial charge in [0.05, 0.1) is 92.3 Å². The molecule has 4 saturated carbocycles. The Morgan fingerprint density at radius 1 is 0.438 bits per heavy atom. The number of aliphatic hydroxyl groups is 1. The number of hydrogen-bond donors (Lipinski definition) is 1. The fourth-order valence-electron chi connectivity index (χ4n) is 21.3. The van der Waals surface area contributed by atoms with Gasteiger partial charge in [-0.3, -0.25) is 9.59 Å². The summed E-state index contributed by atoms with van der Waals surface area (Å²) in [6.45, 7) is 33.9. The molecule has 8 saturated heterocycles. The predicted molar refractivity (Wildman–Crippen MR) is 491 cm³/mol. The minimum atomic E-state index is -0.397. The van der Waals surface area contributed by atoms with Gasteiger partial charge < -0.3 is 105 Å². The van der Waals surface area contributed by atoms with Crippen molar-refractivity contribution in [1.29, 1.82) is 0 Å². The van der Waals surface area contributed by atoms with Crippen molar-refractivity contribution in [3.8, 4) is 17.2 Å². The lowest BCUT2D eigenvalue weighted by molar-refractivity contribution is -0.172. The van der Waals surface area contributed by atoms with E-state index in [0.717, 1.165) is 170 Å². The van der Waals surface area contributed by atoms with E-state index < -0.39 is 6.10 Å². The Morgan fingerprint density at radius 3 is 1.05 bits per heavy atom. The Kier molecular flexibility index (Phi) is 34.6. The normalized spacial score (nSPS) is 35.9. The van der Waals surface area contributed by atoms with Crippen molar-refractivity contribution in [2.75, 3.05) is 137 Å². The molecule has 3 aromatic carbocycles. The first kappa shape index (κ1) is 101. The minimum absolute atomic E-state index is 0.0390. The van der Waals surface area contributed by atoms with Crippen molar-refractivity contribution in [2.24, 2.45) is 41.4 Å². The Labute approximate surface area is 765 Å². The highest BCUT2D eigenvalue weighted by Crippen LogP contribution is 2.64. The van der Waals surface area contributed by atoms with Crippen LogP contribution in [0.2, 0.25) is 0 Å². The number of benzene rings is 3. The summed E-state index contributed by atoms with van der Waals surface area (Å²) in [6, 6.07) is 23.6. The van der Waals surface area contributed by atoms with Gasteiger partial charge in [0, 0.05) is 67.0 Å². The number of aryl methyl sites for hydroxylation is 2. The molecule has 25 heteroatoms. The van der Waals surface area contributed by atoms with Crippen LogP contribution in [0.25, 0.3) is 6.08 Å². The van der Waals surface area contributed by atoms with Gasteiger partial charge in [0.25, 0.3) is 0 Å². The molecule has 1 N–H and O–H groups in total. The number of epoxide rings is 8. The van der Waals surface area contributed by atoms with E-state index in [2.05, 4.69) is 104 Å². The molecular weight excluding hydrogens is 1630 g/mol. The Balaban J connectivity index is 0.000000158. The summed E-state index contributed by atoms with van der Waals surface area (Å²) in [5.41, 5.74) is 2.56. The van der Waals surface area contributed by atoms with Gasteiger partial charge in [-0.25, -0.2) is 4.79 Å². The van der Waals surface area contributed by atoms with E-state index in [1.165, 1.54) is 18.1 Å². The van der Waals surface area contributed by atoms with Crippen LogP contribution in [0.4, 0.5) is 0 Å². The number of methoxy groups -OCH3 is 4. The molecule has 15 rings (SSSR count). The Morgan fingerprint density at radius 2 is 0.742 bits per heavy atom. The Hall–Kier alpha value is -5.69. The van der Waals surface area contributed by atoms with Crippen molar-refractivity contribution in [2.45, 2.75) is 323 Å². The number of carbonyl (C=O) groups is 3. The third-order valence-corrected chi connectivity index (χ3v) is 29.4. The smallest absolute Gasteiger partial charge is 0.331 e. The van der Waals surface area contributed by atoms with Crippen LogP contribution >= 0.6 is 0 Å². The lowest BCUT2D eigenvalue weighted by Gasteiger charge is -2.42. The molecule has 0 radical (unpaired) electrons. The maximum Gasteiger partial charge on any atom is 0.331 e. The van der Waals surface area contributed by atoms with E-state index >= 15 is 0 Å². The third-order valence-electron chi connectivity index (χ3n) is 29.4. The Bertz CT molecular complexity index is 4060. The standard InChI is InChI=1S/C29H45NO6.2C29H43NO6.C16H28O4/c3*1-20(2)7-13-24-28(3,36-24)27-26(32-6)23(15-16-29(27)19-34-29)35-25(31)14-10-21-8-11-22(12-9-21)33-18-17-30(4)5;1-10(2)5-6-12-15(3,20-12)14-13(18-4)11(17)7-8-16(14)9-19-16/h8-9,11-12,20,23-24,26-27H,7,10,13-19H2,1-6H3;8-12,14,20,23-24,26-27H,7,13,15-19H2,1-6H3;7-9,11-12,23-24,26-27H,10,13-19H2,1-6H3;10-14,17H,5-9H2,1-4H3/b;14-10+;;/t3*23-,24-,26?,27-,28+,29?;11-,12-,13?,14-,15+,16+/m1111/s1. The number of hydrogen-bond acceptors (Lipinski definition) is 25. The number of allylic oxidation sites excluding steroid dienone is 1. The summed E-state index contributed by atoms with van der Waals surface area (Å²) in [5, 5.41) is 10.3. The van der Waals surface area contributed by atoms with E-state index in [4.69, 9.17) is 85.3 Å². The number of aliphatic hydroxyl groups excluding tert-OH is 1. The van der Waals surface area contributed by atoms with Crippen molar-refractivity contribution in [3.05, 3.63) is 107 Å². The number of carbonyl (C=O) groups excluding carboxylic acids is 3. The summed E-state index contributed by atoms with van der Waals surface area (Å²) in [7, 11) is 18.9. The van der Waals surface area contributed by atoms with Crippen LogP contribution in [0.5, 0.6) is 17.2 Å². The second kappa shape index (κ2) is 43.8. The zero-order chi connectivity index (χ0) is 92.3. The van der Waals surface area contributed by atoms with Gasteiger partial charge in [-0.2, -0.15) is 0 Å². The first-order chi connectivity index (χ1) is 60.9. The van der Waals surface area contributed by atoms with E-state index in [9.17, 15) is 19.5 Å². The molecule has 0 amide bonds. The molecule has 12 fully saturated rings. The van der Waals surface area contributed by atoms with Crippen molar-refractivity contribution >= 4 is 24.0 Å². The van der Waals surface area contributed by atoms with Gasteiger partial charge in [-0.05, 0) is 270 Å². The van der Waals surface area contributed by atoms with E-state index in [0.29, 0.717) is 69.4 Å². The number of nitrogens with zero attached hydrogens (tertiary/aromatic N) is 3. The van der Waals surface area contributed by atoms with Crippen molar-refractivity contribution in [1.82, 2.24) is 14.7 Å². The van der Waals surface area contributed by atoms with Gasteiger partial charge in [-0.1, -0.05) is 89.6 Å². The number of likely N-dealkylation sites (N-methyl/N-ethyl adjacent to an activating group) is 3. The van der Waals surface area contributed by atoms with Gasteiger partial charge in [0.1, 0.15) is 113 Å². The van der Waals surface area contributed by atoms with Crippen LogP contribution in [0, 0.1) is 41.4 Å². The lowest BCUT2D eigenvalue weighted by atomic mass is 9.68. The predicted octanol–water partition coefficient (Wildman–Crippen LogP) is 14.9. The van der Waals surface area contributed by atoms with Gasteiger partial charge in [-0.15, -0.1) is 0 Å². The zero-order valence-electron chi connectivity index (χ0n) is 81.5. The zero-order valence-corrected chi connectivity index (χ0v) is 81.5. The van der Waals surface area contributed by atoms with Crippen LogP contribution in [0.3, 0.4) is 0 Å². The summed E-state index contributed by atoms with van der Waals surface area (Å²) in [6.07, 6.45) is 20.1.